The minimum atomic E-state index is -0.0832. The molecule has 2 aliphatic rings. The van der Waals surface area contributed by atoms with Crippen molar-refractivity contribution in [3.63, 3.8) is 0 Å². The van der Waals surface area contributed by atoms with Crippen molar-refractivity contribution in [2.24, 2.45) is 0 Å². The van der Waals surface area contributed by atoms with Crippen molar-refractivity contribution in [3.8, 4) is 0 Å². The van der Waals surface area contributed by atoms with Crippen LogP contribution in [0.1, 0.15) is 42.2 Å². The summed E-state index contributed by atoms with van der Waals surface area (Å²) in [5.74, 6) is -0.0832. The van der Waals surface area contributed by atoms with Gasteiger partial charge in [0.2, 0.25) is 0 Å². The number of rotatable bonds is 3. The summed E-state index contributed by atoms with van der Waals surface area (Å²) in [6, 6.07) is 3.56. The van der Waals surface area contributed by atoms with Crippen LogP contribution in [-0.2, 0) is 11.2 Å². The molecule has 2 bridgehead atoms. The lowest BCUT2D eigenvalue weighted by atomic mass is 9.95. The molecular weight excluding hydrogens is 264 g/mol. The van der Waals surface area contributed by atoms with Crippen LogP contribution in [0.5, 0.6) is 0 Å². The van der Waals surface area contributed by atoms with Gasteiger partial charge >= 0.3 is 0 Å². The van der Waals surface area contributed by atoms with Gasteiger partial charge in [-0.2, -0.15) is 0 Å². The molecule has 2 saturated heterocycles. The topological polar surface area (TPSA) is 51.2 Å². The summed E-state index contributed by atoms with van der Waals surface area (Å²) < 4.78 is 5.74. The quantitative estimate of drug-likeness (QED) is 0.865. The fraction of sp³-hybridized carbons (Fsp3) is 0.571. The number of hydrogen-bond acceptors (Lipinski definition) is 3. The maximum absolute atomic E-state index is 12.2. The van der Waals surface area contributed by atoms with Gasteiger partial charge in [0.25, 0.3) is 5.91 Å². The van der Waals surface area contributed by atoms with Gasteiger partial charge in [-0.3, -0.25) is 4.79 Å². The first-order valence-corrected chi connectivity index (χ1v) is 7.16. The highest BCUT2D eigenvalue weighted by Gasteiger charge is 2.41. The normalized spacial score (nSPS) is 28.6. The van der Waals surface area contributed by atoms with E-state index in [4.69, 9.17) is 16.3 Å². The van der Waals surface area contributed by atoms with E-state index in [1.807, 2.05) is 6.92 Å². The van der Waals surface area contributed by atoms with E-state index in [1.165, 1.54) is 0 Å². The monoisotopic (exact) mass is 280 g/mol. The zero-order chi connectivity index (χ0) is 13.4. The molecule has 1 aromatic heterocycles. The lowest BCUT2D eigenvalue weighted by molar-refractivity contribution is 0.0841. The van der Waals surface area contributed by atoms with Gasteiger partial charge in [0, 0.05) is 11.3 Å². The molecule has 19 heavy (non-hydrogen) atoms. The van der Waals surface area contributed by atoms with Gasteiger partial charge in [-0.05, 0) is 37.8 Å². The third-order valence-electron chi connectivity index (χ3n) is 3.89. The Labute approximate surface area is 117 Å². The maximum atomic E-state index is 12.2. The maximum Gasteiger partial charge on any atom is 0.251 e. The summed E-state index contributed by atoms with van der Waals surface area (Å²) in [7, 11) is 0. The predicted molar refractivity (Wildman–Crippen MR) is 72.4 cm³/mol. The zero-order valence-electron chi connectivity index (χ0n) is 10.9. The number of nitrogens with one attached hydrogen (secondary N) is 1. The number of fused-ring (bicyclic) bond motifs is 2. The molecule has 0 radical (unpaired) electrons. The first kappa shape index (κ1) is 12.9. The second-order valence-corrected chi connectivity index (χ2v) is 5.60. The smallest absolute Gasteiger partial charge is 0.251 e. The van der Waals surface area contributed by atoms with E-state index in [2.05, 4.69) is 10.3 Å². The van der Waals surface area contributed by atoms with Gasteiger partial charge in [0.15, 0.2) is 0 Å². The molecule has 3 heterocycles. The van der Waals surface area contributed by atoms with Crippen LogP contribution in [-0.4, -0.2) is 29.1 Å². The fourth-order valence-electron chi connectivity index (χ4n) is 2.90. The Bertz CT molecular complexity index is 506. The number of pyridine rings is 1. The van der Waals surface area contributed by atoms with Crippen molar-refractivity contribution in [2.75, 3.05) is 0 Å². The van der Waals surface area contributed by atoms with Crippen molar-refractivity contribution in [3.05, 3.63) is 28.5 Å². The van der Waals surface area contributed by atoms with E-state index in [9.17, 15) is 4.79 Å². The first-order chi connectivity index (χ1) is 9.15. The number of amides is 1. The highest BCUT2D eigenvalue weighted by molar-refractivity contribution is 6.29. The van der Waals surface area contributed by atoms with E-state index in [1.54, 1.807) is 12.1 Å². The average Bonchev–Trinajstić information content (AvgIpc) is 3.00. The number of aryl methyl sites for hydroxylation is 1. The molecule has 1 N–H and O–H groups in total. The summed E-state index contributed by atoms with van der Waals surface area (Å²) in [4.78, 5) is 16.4. The van der Waals surface area contributed by atoms with Crippen molar-refractivity contribution in [1.82, 2.24) is 10.3 Å². The molecule has 0 saturated carbocycles. The average molecular weight is 281 g/mol. The van der Waals surface area contributed by atoms with Crippen molar-refractivity contribution in [1.29, 1.82) is 0 Å². The summed E-state index contributed by atoms with van der Waals surface area (Å²) in [5, 5.41) is 3.42. The Balaban J connectivity index is 1.72. The number of nitrogens with zero attached hydrogens (tertiary/aromatic N) is 1. The lowest BCUT2D eigenvalue weighted by Gasteiger charge is -2.20. The van der Waals surface area contributed by atoms with Crippen molar-refractivity contribution >= 4 is 17.5 Å². The Morgan fingerprint density at radius 3 is 3.00 bits per heavy atom. The molecule has 0 aliphatic carbocycles. The van der Waals surface area contributed by atoms with Crippen LogP contribution in [0, 0.1) is 0 Å². The van der Waals surface area contributed by atoms with Crippen LogP contribution in [0.25, 0.3) is 0 Å². The van der Waals surface area contributed by atoms with Crippen LogP contribution >= 0.6 is 11.6 Å². The molecule has 0 aromatic carbocycles. The van der Waals surface area contributed by atoms with Gasteiger partial charge in [0.1, 0.15) is 5.15 Å². The number of ether oxygens (including phenoxy) is 1. The van der Waals surface area contributed by atoms with Crippen LogP contribution < -0.4 is 5.32 Å². The third-order valence-corrected chi connectivity index (χ3v) is 4.09. The molecule has 0 spiro atoms. The minimum absolute atomic E-state index is 0.0832. The number of hydrogen-bond donors (Lipinski definition) is 1. The molecule has 1 amide bonds. The molecule has 2 aliphatic heterocycles. The summed E-state index contributed by atoms with van der Waals surface area (Å²) in [6.07, 6.45) is 4.39. The highest BCUT2D eigenvalue weighted by atomic mass is 35.5. The second kappa shape index (κ2) is 5.10. The van der Waals surface area contributed by atoms with Crippen LogP contribution in [0.2, 0.25) is 5.15 Å². The third kappa shape index (κ3) is 2.60. The van der Waals surface area contributed by atoms with Gasteiger partial charge in [-0.15, -0.1) is 0 Å². The van der Waals surface area contributed by atoms with E-state index in [0.29, 0.717) is 16.8 Å². The molecule has 5 heteroatoms. The fourth-order valence-corrected chi connectivity index (χ4v) is 3.13. The SMILES string of the molecule is CCc1cc(C(=O)NC2CC3CCC2O3)cc(Cl)n1. The van der Waals surface area contributed by atoms with Crippen molar-refractivity contribution < 1.29 is 9.53 Å². The number of carbonyl (C=O) groups excluding carboxylic acids is 1. The molecule has 3 unspecified atom stereocenters. The minimum Gasteiger partial charge on any atom is -0.373 e. The van der Waals surface area contributed by atoms with Gasteiger partial charge < -0.3 is 10.1 Å². The van der Waals surface area contributed by atoms with Crippen molar-refractivity contribution in [2.45, 2.75) is 50.9 Å². The standard InChI is InChI=1S/C14H17ClN2O2/c1-2-9-5-8(6-13(15)16-9)14(18)17-11-7-10-3-4-12(11)19-10/h5-6,10-12H,2-4,7H2,1H3,(H,17,18). The lowest BCUT2D eigenvalue weighted by Crippen LogP contribution is -2.41. The van der Waals surface area contributed by atoms with E-state index < -0.39 is 0 Å². The molecule has 102 valence electrons. The highest BCUT2D eigenvalue weighted by Crippen LogP contribution is 2.34. The predicted octanol–water partition coefficient (Wildman–Crippen LogP) is 2.35. The van der Waals surface area contributed by atoms with Gasteiger partial charge in [0.05, 0.1) is 18.2 Å². The van der Waals surface area contributed by atoms with Crippen LogP contribution in [0.15, 0.2) is 12.1 Å². The van der Waals surface area contributed by atoms with Gasteiger partial charge in [-0.1, -0.05) is 18.5 Å². The number of carbonyl (C=O) groups is 1. The van der Waals surface area contributed by atoms with Crippen LogP contribution in [0.3, 0.4) is 0 Å². The van der Waals surface area contributed by atoms with E-state index in [0.717, 1.165) is 31.4 Å². The Morgan fingerprint density at radius 2 is 2.37 bits per heavy atom. The molecule has 4 nitrogen and oxygen atoms in total. The zero-order valence-corrected chi connectivity index (χ0v) is 11.6. The Kier molecular flexibility index (Phi) is 3.46. The Morgan fingerprint density at radius 1 is 1.53 bits per heavy atom. The Hall–Kier alpha value is -1.13. The second-order valence-electron chi connectivity index (χ2n) is 5.21. The molecule has 3 atom stereocenters. The number of aromatic nitrogens is 1. The molecule has 3 rings (SSSR count). The summed E-state index contributed by atoms with van der Waals surface area (Å²) >= 11 is 5.94. The molecule has 1 aromatic rings. The number of halogens is 1. The molecular formula is C14H17ClN2O2. The molecule has 2 fully saturated rings. The van der Waals surface area contributed by atoms with Gasteiger partial charge in [-0.25, -0.2) is 4.98 Å². The van der Waals surface area contributed by atoms with E-state index >= 15 is 0 Å². The largest absolute Gasteiger partial charge is 0.373 e. The van der Waals surface area contributed by atoms with E-state index in [-0.39, 0.29) is 18.1 Å². The first-order valence-electron chi connectivity index (χ1n) is 6.78. The summed E-state index contributed by atoms with van der Waals surface area (Å²) in [6.45, 7) is 1.99. The summed E-state index contributed by atoms with van der Waals surface area (Å²) in [5.41, 5.74) is 1.42. The van der Waals surface area contributed by atoms with Crippen LogP contribution in [0.4, 0.5) is 0 Å².